The third-order valence-corrected chi connectivity index (χ3v) is 5.87. The fourth-order valence-corrected chi connectivity index (χ4v) is 3.94. The Morgan fingerprint density at radius 1 is 0.800 bits per heavy atom. The summed E-state index contributed by atoms with van der Waals surface area (Å²) in [6.07, 6.45) is 19.0. The molecule has 3 nitrogen and oxygen atoms in total. The summed E-state index contributed by atoms with van der Waals surface area (Å²) in [5.74, 6) is -0.345. The van der Waals surface area contributed by atoms with E-state index in [4.69, 9.17) is 4.74 Å². The Morgan fingerprint density at radius 2 is 1.40 bits per heavy atom. The van der Waals surface area contributed by atoms with E-state index in [1.807, 2.05) is 6.07 Å². The van der Waals surface area contributed by atoms with Gasteiger partial charge in [0.2, 0.25) is 0 Å². The number of unbranched alkanes of at least 4 members (excludes halogenated alkanes) is 10. The van der Waals surface area contributed by atoms with E-state index >= 15 is 0 Å². The van der Waals surface area contributed by atoms with Gasteiger partial charge >= 0.3 is 5.97 Å². The number of hydrogen-bond donors (Lipinski definition) is 1. The molecular formula is C27H46O3. The number of carbonyl (C=O) groups is 1. The Hall–Kier alpha value is -1.51. The highest BCUT2D eigenvalue weighted by molar-refractivity contribution is 5.92. The van der Waals surface area contributed by atoms with Gasteiger partial charge in [0.05, 0.1) is 0 Å². The summed E-state index contributed by atoms with van der Waals surface area (Å²) in [4.78, 5) is 12.6. The van der Waals surface area contributed by atoms with Crippen LogP contribution in [0.1, 0.15) is 133 Å². The number of esters is 1. The lowest BCUT2D eigenvalue weighted by atomic mass is 10.0. The average Bonchev–Trinajstić information content (AvgIpc) is 2.73. The predicted molar refractivity (Wildman–Crippen MR) is 127 cm³/mol. The first-order valence-corrected chi connectivity index (χ1v) is 12.6. The molecule has 0 fully saturated rings. The smallest absolute Gasteiger partial charge is 0.342 e. The Bertz CT molecular complexity index is 567. The largest absolute Gasteiger partial charge is 0.507 e. The molecule has 0 aromatic heterocycles. The van der Waals surface area contributed by atoms with Crippen molar-refractivity contribution in [2.75, 3.05) is 0 Å². The van der Waals surface area contributed by atoms with E-state index < -0.39 is 0 Å². The maximum absolute atomic E-state index is 12.6. The lowest BCUT2D eigenvalue weighted by Gasteiger charge is -2.18. The number of phenols is 1. The molecule has 1 aromatic rings. The van der Waals surface area contributed by atoms with Crippen molar-refractivity contribution < 1.29 is 14.6 Å². The van der Waals surface area contributed by atoms with Crippen molar-refractivity contribution in [2.24, 2.45) is 0 Å². The van der Waals surface area contributed by atoms with Gasteiger partial charge in [-0.3, -0.25) is 0 Å². The third kappa shape index (κ3) is 11.6. The maximum atomic E-state index is 12.6. The second-order valence-electron chi connectivity index (χ2n) is 8.74. The van der Waals surface area contributed by atoms with Crippen molar-refractivity contribution in [3.05, 3.63) is 29.3 Å². The first-order valence-electron chi connectivity index (χ1n) is 12.6. The SMILES string of the molecule is CCCCCCCCCCCCC(CCC)OC(=O)c1ccc(CCCC)cc1O. The van der Waals surface area contributed by atoms with E-state index in [9.17, 15) is 9.90 Å². The van der Waals surface area contributed by atoms with Crippen LogP contribution in [0.3, 0.4) is 0 Å². The zero-order valence-corrected chi connectivity index (χ0v) is 19.9. The first kappa shape index (κ1) is 26.5. The number of benzene rings is 1. The minimum atomic E-state index is -0.389. The highest BCUT2D eigenvalue weighted by Crippen LogP contribution is 2.23. The molecule has 1 atom stereocenters. The molecular weight excluding hydrogens is 372 g/mol. The number of ether oxygens (including phenoxy) is 1. The van der Waals surface area contributed by atoms with Gasteiger partial charge in [0.1, 0.15) is 17.4 Å². The van der Waals surface area contributed by atoms with Gasteiger partial charge in [-0.2, -0.15) is 0 Å². The van der Waals surface area contributed by atoms with Gasteiger partial charge in [0, 0.05) is 0 Å². The normalized spacial score (nSPS) is 12.1. The number of phenolic OH excluding ortho intramolecular Hbond substituents is 1. The van der Waals surface area contributed by atoms with Crippen LogP contribution in [-0.2, 0) is 11.2 Å². The lowest BCUT2D eigenvalue weighted by Crippen LogP contribution is -2.18. The Balaban J connectivity index is 2.33. The molecule has 3 heteroatoms. The summed E-state index contributed by atoms with van der Waals surface area (Å²) >= 11 is 0. The Labute approximate surface area is 185 Å². The standard InChI is InChI=1S/C27H46O3/c1-4-7-9-10-11-12-13-14-15-16-19-24(17-6-3)30-27(29)25-21-20-23(18-8-5-2)22-26(25)28/h20-22,24,28H,4-19H2,1-3H3. The molecule has 172 valence electrons. The van der Waals surface area contributed by atoms with E-state index in [1.54, 1.807) is 12.1 Å². The highest BCUT2D eigenvalue weighted by Gasteiger charge is 2.18. The number of aryl methyl sites for hydroxylation is 1. The van der Waals surface area contributed by atoms with Crippen LogP contribution in [0.5, 0.6) is 5.75 Å². The first-order chi connectivity index (χ1) is 14.6. The van der Waals surface area contributed by atoms with Crippen LogP contribution in [0.4, 0.5) is 0 Å². The fraction of sp³-hybridized carbons (Fsp3) is 0.741. The van der Waals surface area contributed by atoms with Gasteiger partial charge in [-0.15, -0.1) is 0 Å². The van der Waals surface area contributed by atoms with Crippen molar-refractivity contribution in [1.82, 2.24) is 0 Å². The molecule has 0 saturated carbocycles. The topological polar surface area (TPSA) is 46.5 Å². The van der Waals surface area contributed by atoms with Crippen molar-refractivity contribution in [3.8, 4) is 5.75 Å². The second-order valence-corrected chi connectivity index (χ2v) is 8.74. The minimum Gasteiger partial charge on any atom is -0.507 e. The van der Waals surface area contributed by atoms with E-state index in [1.165, 1.54) is 57.8 Å². The van der Waals surface area contributed by atoms with Gasteiger partial charge in [-0.25, -0.2) is 4.79 Å². The fourth-order valence-electron chi connectivity index (χ4n) is 3.94. The number of hydrogen-bond acceptors (Lipinski definition) is 3. The third-order valence-electron chi connectivity index (χ3n) is 5.87. The molecule has 0 amide bonds. The van der Waals surface area contributed by atoms with Gasteiger partial charge in [0.15, 0.2) is 0 Å². The summed E-state index contributed by atoms with van der Waals surface area (Å²) < 4.78 is 5.76. The van der Waals surface area contributed by atoms with E-state index in [0.717, 1.165) is 50.5 Å². The van der Waals surface area contributed by atoms with Crippen LogP contribution in [0.15, 0.2) is 18.2 Å². The second kappa shape index (κ2) is 17.2. The zero-order valence-electron chi connectivity index (χ0n) is 19.9. The van der Waals surface area contributed by atoms with E-state index in [-0.39, 0.29) is 17.8 Å². The lowest BCUT2D eigenvalue weighted by molar-refractivity contribution is 0.0250. The van der Waals surface area contributed by atoms with Crippen molar-refractivity contribution in [3.63, 3.8) is 0 Å². The highest BCUT2D eigenvalue weighted by atomic mass is 16.5. The van der Waals surface area contributed by atoms with Gasteiger partial charge in [0.25, 0.3) is 0 Å². The molecule has 0 heterocycles. The van der Waals surface area contributed by atoms with E-state index in [2.05, 4.69) is 20.8 Å². The molecule has 1 aromatic carbocycles. The minimum absolute atomic E-state index is 0.0442. The Morgan fingerprint density at radius 3 is 1.97 bits per heavy atom. The number of aromatic hydroxyl groups is 1. The van der Waals surface area contributed by atoms with Gasteiger partial charge in [-0.1, -0.05) is 97.5 Å². The summed E-state index contributed by atoms with van der Waals surface area (Å²) in [7, 11) is 0. The van der Waals surface area contributed by atoms with Crippen molar-refractivity contribution >= 4 is 5.97 Å². The summed E-state index contributed by atoms with van der Waals surface area (Å²) in [6, 6.07) is 5.36. The van der Waals surface area contributed by atoms with Crippen molar-refractivity contribution in [2.45, 2.75) is 130 Å². The van der Waals surface area contributed by atoms with Crippen molar-refractivity contribution in [1.29, 1.82) is 0 Å². The monoisotopic (exact) mass is 418 g/mol. The summed E-state index contributed by atoms with van der Waals surface area (Å²) in [5, 5.41) is 10.3. The molecule has 1 rings (SSSR count). The van der Waals surface area contributed by atoms with Crippen LogP contribution in [-0.4, -0.2) is 17.2 Å². The van der Waals surface area contributed by atoms with Crippen LogP contribution >= 0.6 is 0 Å². The van der Waals surface area contributed by atoms with Crippen LogP contribution in [0.2, 0.25) is 0 Å². The average molecular weight is 419 g/mol. The zero-order chi connectivity index (χ0) is 22.0. The molecule has 0 spiro atoms. The van der Waals surface area contributed by atoms with Gasteiger partial charge < -0.3 is 9.84 Å². The summed E-state index contributed by atoms with van der Waals surface area (Å²) in [6.45, 7) is 6.53. The molecule has 0 aliphatic carbocycles. The predicted octanol–water partition coefficient (Wildman–Crippen LogP) is 8.37. The van der Waals surface area contributed by atoms with Crippen LogP contribution in [0.25, 0.3) is 0 Å². The van der Waals surface area contributed by atoms with Crippen LogP contribution < -0.4 is 0 Å². The Kier molecular flexibility index (Phi) is 15.2. The maximum Gasteiger partial charge on any atom is 0.342 e. The van der Waals surface area contributed by atoms with Crippen LogP contribution in [0, 0.1) is 0 Å². The number of rotatable bonds is 18. The molecule has 0 aliphatic heterocycles. The molecule has 1 N–H and O–H groups in total. The molecule has 30 heavy (non-hydrogen) atoms. The molecule has 0 aliphatic rings. The van der Waals surface area contributed by atoms with Gasteiger partial charge in [-0.05, 0) is 49.8 Å². The molecule has 1 unspecified atom stereocenters. The summed E-state index contributed by atoms with van der Waals surface area (Å²) in [5.41, 5.74) is 1.36. The molecule has 0 saturated heterocycles. The molecule has 0 bridgehead atoms. The quantitative estimate of drug-likeness (QED) is 0.192. The number of carbonyl (C=O) groups excluding carboxylic acids is 1. The molecule has 0 radical (unpaired) electrons. The van der Waals surface area contributed by atoms with E-state index in [0.29, 0.717) is 5.56 Å².